The third-order valence-electron chi connectivity index (χ3n) is 3.22. The predicted octanol–water partition coefficient (Wildman–Crippen LogP) is 4.73. The molecule has 0 aromatic rings. The van der Waals surface area contributed by atoms with Crippen LogP contribution in [0.15, 0.2) is 0 Å². The fourth-order valence-electron chi connectivity index (χ4n) is 2.47. The Bertz CT molecular complexity index is 215. The number of carboxylic acid groups (broad SMARTS) is 1. The highest BCUT2D eigenvalue weighted by atomic mass is 16.4. The molecular weight excluding hydrogens is 212 g/mol. The van der Waals surface area contributed by atoms with Crippen molar-refractivity contribution in [1.29, 1.82) is 0 Å². The van der Waals surface area contributed by atoms with Crippen molar-refractivity contribution in [3.05, 3.63) is 0 Å². The maximum absolute atomic E-state index is 11.1. The zero-order valence-electron chi connectivity index (χ0n) is 12.3. The molecule has 0 saturated heterocycles. The quantitative estimate of drug-likeness (QED) is 0.668. The first kappa shape index (κ1) is 16.5. The van der Waals surface area contributed by atoms with E-state index in [1.807, 2.05) is 0 Å². The average molecular weight is 242 g/mol. The van der Waals surface area contributed by atoms with Gasteiger partial charge in [0.15, 0.2) is 0 Å². The number of carboxylic acids is 1. The van der Waals surface area contributed by atoms with Gasteiger partial charge in [-0.3, -0.25) is 4.79 Å². The number of carbonyl (C=O) groups is 1. The van der Waals surface area contributed by atoms with Gasteiger partial charge >= 0.3 is 5.97 Å². The van der Waals surface area contributed by atoms with Crippen molar-refractivity contribution < 1.29 is 9.90 Å². The van der Waals surface area contributed by atoms with E-state index in [9.17, 15) is 4.79 Å². The van der Waals surface area contributed by atoms with Crippen molar-refractivity contribution >= 4 is 5.97 Å². The van der Waals surface area contributed by atoms with Gasteiger partial charge in [0.1, 0.15) is 0 Å². The van der Waals surface area contributed by atoms with E-state index in [1.54, 1.807) is 0 Å². The lowest BCUT2D eigenvalue weighted by Crippen LogP contribution is -2.16. The van der Waals surface area contributed by atoms with Crippen LogP contribution in [0.1, 0.15) is 73.1 Å². The molecule has 0 fully saturated rings. The van der Waals surface area contributed by atoms with E-state index in [-0.39, 0.29) is 5.92 Å². The standard InChI is InChI=1S/C15H30O2/c1-6-7-8-13(14(16)17)10-9-12(2)11-15(3,4)5/h12-13H,6-11H2,1-5H3,(H,16,17). The van der Waals surface area contributed by atoms with Gasteiger partial charge in [-0.2, -0.15) is 0 Å². The Morgan fingerprint density at radius 1 is 1.18 bits per heavy atom. The summed E-state index contributed by atoms with van der Waals surface area (Å²) in [5.74, 6) is -0.114. The Balaban J connectivity index is 3.99. The van der Waals surface area contributed by atoms with Crippen LogP contribution in [0.5, 0.6) is 0 Å². The number of unbranched alkanes of at least 4 members (excludes halogenated alkanes) is 1. The zero-order valence-corrected chi connectivity index (χ0v) is 12.3. The summed E-state index contributed by atoms with van der Waals surface area (Å²) < 4.78 is 0. The van der Waals surface area contributed by atoms with Gasteiger partial charge in [-0.25, -0.2) is 0 Å². The number of hydrogen-bond acceptors (Lipinski definition) is 1. The van der Waals surface area contributed by atoms with Gasteiger partial charge in [0.05, 0.1) is 5.92 Å². The Hall–Kier alpha value is -0.530. The molecule has 2 nitrogen and oxygen atoms in total. The maximum Gasteiger partial charge on any atom is 0.306 e. The second-order valence-electron chi connectivity index (χ2n) is 6.62. The van der Waals surface area contributed by atoms with Crippen LogP contribution < -0.4 is 0 Å². The van der Waals surface area contributed by atoms with Crippen molar-refractivity contribution in [3.8, 4) is 0 Å². The minimum absolute atomic E-state index is 0.127. The Labute approximate surface area is 107 Å². The summed E-state index contributed by atoms with van der Waals surface area (Å²) in [6.07, 6.45) is 6.01. The fraction of sp³-hybridized carbons (Fsp3) is 0.933. The SMILES string of the molecule is CCCCC(CCC(C)CC(C)(C)C)C(=O)O. The van der Waals surface area contributed by atoms with Crippen LogP contribution in [-0.2, 0) is 4.79 Å². The fourth-order valence-corrected chi connectivity index (χ4v) is 2.47. The molecule has 0 aliphatic heterocycles. The highest BCUT2D eigenvalue weighted by molar-refractivity contribution is 5.69. The largest absolute Gasteiger partial charge is 0.481 e. The van der Waals surface area contributed by atoms with Gasteiger partial charge in [0.25, 0.3) is 0 Å². The molecular formula is C15H30O2. The average Bonchev–Trinajstić information content (AvgIpc) is 2.14. The molecule has 0 heterocycles. The van der Waals surface area contributed by atoms with E-state index in [2.05, 4.69) is 34.6 Å². The smallest absolute Gasteiger partial charge is 0.306 e. The van der Waals surface area contributed by atoms with E-state index < -0.39 is 5.97 Å². The molecule has 0 aromatic carbocycles. The molecule has 2 atom stereocenters. The van der Waals surface area contributed by atoms with E-state index in [1.165, 1.54) is 6.42 Å². The van der Waals surface area contributed by atoms with Crippen molar-refractivity contribution in [2.45, 2.75) is 73.1 Å². The van der Waals surface area contributed by atoms with Crippen LogP contribution in [0.4, 0.5) is 0 Å². The molecule has 2 unspecified atom stereocenters. The molecule has 0 saturated carbocycles. The van der Waals surface area contributed by atoms with E-state index in [4.69, 9.17) is 5.11 Å². The first-order valence-electron chi connectivity index (χ1n) is 6.99. The Kier molecular flexibility index (Phi) is 7.49. The topological polar surface area (TPSA) is 37.3 Å². The molecule has 0 aliphatic rings. The number of rotatable bonds is 8. The highest BCUT2D eigenvalue weighted by Crippen LogP contribution is 2.28. The molecule has 0 spiro atoms. The Morgan fingerprint density at radius 3 is 2.18 bits per heavy atom. The highest BCUT2D eigenvalue weighted by Gasteiger charge is 2.20. The third kappa shape index (κ3) is 9.20. The normalized spacial score (nSPS) is 15.6. The molecule has 0 radical (unpaired) electrons. The molecule has 0 aromatic heterocycles. The van der Waals surface area contributed by atoms with Gasteiger partial charge < -0.3 is 5.11 Å². The van der Waals surface area contributed by atoms with Crippen LogP contribution in [-0.4, -0.2) is 11.1 Å². The molecule has 0 amide bonds. The molecule has 2 heteroatoms. The van der Waals surface area contributed by atoms with Crippen LogP contribution in [0, 0.1) is 17.3 Å². The van der Waals surface area contributed by atoms with Crippen molar-refractivity contribution in [3.63, 3.8) is 0 Å². The monoisotopic (exact) mass is 242 g/mol. The summed E-state index contributed by atoms with van der Waals surface area (Å²) in [4.78, 5) is 11.1. The molecule has 0 aliphatic carbocycles. The van der Waals surface area contributed by atoms with Gasteiger partial charge in [-0.15, -0.1) is 0 Å². The van der Waals surface area contributed by atoms with Crippen molar-refractivity contribution in [1.82, 2.24) is 0 Å². The second-order valence-corrected chi connectivity index (χ2v) is 6.62. The molecule has 17 heavy (non-hydrogen) atoms. The maximum atomic E-state index is 11.1. The molecule has 1 N–H and O–H groups in total. The number of aliphatic carboxylic acids is 1. The lowest BCUT2D eigenvalue weighted by atomic mass is 9.82. The third-order valence-corrected chi connectivity index (χ3v) is 3.22. The van der Waals surface area contributed by atoms with E-state index in [0.717, 1.165) is 32.1 Å². The van der Waals surface area contributed by atoms with Gasteiger partial charge in [0, 0.05) is 0 Å². The molecule has 0 rings (SSSR count). The first-order chi connectivity index (χ1) is 7.76. The van der Waals surface area contributed by atoms with E-state index in [0.29, 0.717) is 11.3 Å². The molecule has 102 valence electrons. The second kappa shape index (κ2) is 7.73. The Morgan fingerprint density at radius 2 is 1.76 bits per heavy atom. The van der Waals surface area contributed by atoms with Crippen LogP contribution in [0.3, 0.4) is 0 Å². The summed E-state index contributed by atoms with van der Waals surface area (Å²) in [7, 11) is 0. The van der Waals surface area contributed by atoms with Crippen LogP contribution in [0.25, 0.3) is 0 Å². The summed E-state index contributed by atoms with van der Waals surface area (Å²) in [5.41, 5.74) is 0.349. The van der Waals surface area contributed by atoms with Gasteiger partial charge in [-0.05, 0) is 37.0 Å². The number of hydrogen-bond donors (Lipinski definition) is 1. The minimum atomic E-state index is -0.610. The van der Waals surface area contributed by atoms with Crippen molar-refractivity contribution in [2.75, 3.05) is 0 Å². The lowest BCUT2D eigenvalue weighted by Gasteiger charge is -2.24. The van der Waals surface area contributed by atoms with Crippen LogP contribution >= 0.6 is 0 Å². The minimum Gasteiger partial charge on any atom is -0.481 e. The van der Waals surface area contributed by atoms with Crippen molar-refractivity contribution in [2.24, 2.45) is 17.3 Å². The molecule has 0 bridgehead atoms. The summed E-state index contributed by atoms with van der Waals surface area (Å²) in [5, 5.41) is 9.15. The lowest BCUT2D eigenvalue weighted by molar-refractivity contribution is -0.142. The zero-order chi connectivity index (χ0) is 13.5. The van der Waals surface area contributed by atoms with Gasteiger partial charge in [0.2, 0.25) is 0 Å². The predicted molar refractivity (Wildman–Crippen MR) is 73.1 cm³/mol. The van der Waals surface area contributed by atoms with E-state index >= 15 is 0 Å². The summed E-state index contributed by atoms with van der Waals surface area (Å²) in [6.45, 7) is 11.1. The first-order valence-corrected chi connectivity index (χ1v) is 6.99. The summed E-state index contributed by atoms with van der Waals surface area (Å²) in [6, 6.07) is 0. The van der Waals surface area contributed by atoms with Gasteiger partial charge in [-0.1, -0.05) is 47.5 Å². The summed E-state index contributed by atoms with van der Waals surface area (Å²) >= 11 is 0. The van der Waals surface area contributed by atoms with Crippen LogP contribution in [0.2, 0.25) is 0 Å².